The number of thioether (sulfide) groups is 1. The second kappa shape index (κ2) is 8.83. The van der Waals surface area contributed by atoms with Gasteiger partial charge in [-0.3, -0.25) is 4.90 Å². The van der Waals surface area contributed by atoms with E-state index in [0.717, 1.165) is 19.1 Å². The molecular weight excluding hydrogens is 330 g/mol. The highest BCUT2D eigenvalue weighted by Gasteiger charge is 2.28. The summed E-state index contributed by atoms with van der Waals surface area (Å²) in [5.41, 5.74) is 0. The van der Waals surface area contributed by atoms with Crippen molar-refractivity contribution in [2.24, 2.45) is 0 Å². The maximum absolute atomic E-state index is 6.36. The topological polar surface area (TPSA) is 27.7 Å². The average Bonchev–Trinajstić information content (AvgIpc) is 2.97. The van der Waals surface area contributed by atoms with E-state index in [1.165, 1.54) is 75.4 Å². The Morgan fingerprint density at radius 2 is 1.92 bits per heavy atom. The predicted octanol–water partition coefficient (Wildman–Crippen LogP) is 3.18. The maximum Gasteiger partial charge on any atom is 0.148 e. The molecule has 4 rings (SSSR count). The standard InChI is InChI=1S/C20H33N3OS/c1-5-17(6-1)22-11-4-12-23(14-13-22)19-8-2-9-20(21-19)24-18-7-3-15-25-16-10-18/h2,8-9,17-18,20-21H,1,3-7,10-16H2. The zero-order valence-electron chi connectivity index (χ0n) is 15.4. The van der Waals surface area contributed by atoms with E-state index in [-0.39, 0.29) is 6.23 Å². The summed E-state index contributed by atoms with van der Waals surface area (Å²) in [4.78, 5) is 5.25. The minimum atomic E-state index is 0.0408. The molecule has 5 heteroatoms. The summed E-state index contributed by atoms with van der Waals surface area (Å²) >= 11 is 2.07. The van der Waals surface area contributed by atoms with Crippen molar-refractivity contribution < 1.29 is 4.74 Å². The maximum atomic E-state index is 6.36. The minimum absolute atomic E-state index is 0.0408. The highest BCUT2D eigenvalue weighted by Crippen LogP contribution is 2.26. The Balaban J connectivity index is 1.28. The Labute approximate surface area is 157 Å². The largest absolute Gasteiger partial charge is 0.357 e. The van der Waals surface area contributed by atoms with E-state index >= 15 is 0 Å². The Kier molecular flexibility index (Phi) is 6.27. The van der Waals surface area contributed by atoms with Gasteiger partial charge < -0.3 is 15.0 Å². The van der Waals surface area contributed by atoms with Gasteiger partial charge in [0, 0.05) is 32.2 Å². The van der Waals surface area contributed by atoms with Crippen LogP contribution >= 0.6 is 11.8 Å². The van der Waals surface area contributed by atoms with Crippen molar-refractivity contribution in [3.05, 3.63) is 24.0 Å². The van der Waals surface area contributed by atoms with Crippen LogP contribution in [0.2, 0.25) is 0 Å². The second-order valence-electron chi connectivity index (χ2n) is 7.76. The molecule has 3 aliphatic heterocycles. The van der Waals surface area contributed by atoms with E-state index in [1.807, 2.05) is 0 Å². The van der Waals surface area contributed by atoms with Gasteiger partial charge in [-0.1, -0.05) is 12.5 Å². The molecule has 4 aliphatic rings. The van der Waals surface area contributed by atoms with Crippen LogP contribution in [0.4, 0.5) is 0 Å². The predicted molar refractivity (Wildman–Crippen MR) is 106 cm³/mol. The van der Waals surface area contributed by atoms with Crippen LogP contribution in [-0.4, -0.2) is 65.9 Å². The zero-order chi connectivity index (χ0) is 16.9. The van der Waals surface area contributed by atoms with Gasteiger partial charge in [0.1, 0.15) is 12.0 Å². The van der Waals surface area contributed by atoms with E-state index in [0.29, 0.717) is 6.10 Å². The lowest BCUT2D eigenvalue weighted by Crippen LogP contribution is -2.44. The molecule has 0 aromatic heterocycles. The van der Waals surface area contributed by atoms with E-state index in [2.05, 4.69) is 45.1 Å². The fourth-order valence-electron chi connectivity index (χ4n) is 4.28. The van der Waals surface area contributed by atoms with Crippen LogP contribution in [0.3, 0.4) is 0 Å². The molecule has 2 unspecified atom stereocenters. The minimum Gasteiger partial charge on any atom is -0.357 e. The van der Waals surface area contributed by atoms with Gasteiger partial charge in [-0.2, -0.15) is 11.8 Å². The fourth-order valence-corrected chi connectivity index (χ4v) is 5.28. The number of hydrogen-bond acceptors (Lipinski definition) is 5. The summed E-state index contributed by atoms with van der Waals surface area (Å²) in [6.45, 7) is 4.77. The Morgan fingerprint density at radius 3 is 2.80 bits per heavy atom. The first-order valence-electron chi connectivity index (χ1n) is 10.3. The number of rotatable bonds is 4. The van der Waals surface area contributed by atoms with Crippen molar-refractivity contribution in [1.29, 1.82) is 0 Å². The first-order chi connectivity index (χ1) is 12.4. The molecule has 2 atom stereocenters. The van der Waals surface area contributed by atoms with Crippen LogP contribution in [-0.2, 0) is 4.74 Å². The molecule has 4 nitrogen and oxygen atoms in total. The number of nitrogens with one attached hydrogen (secondary N) is 1. The summed E-state index contributed by atoms with van der Waals surface area (Å²) in [6, 6.07) is 0.873. The number of hydrogen-bond donors (Lipinski definition) is 1. The van der Waals surface area contributed by atoms with Crippen LogP contribution < -0.4 is 5.32 Å². The zero-order valence-corrected chi connectivity index (χ0v) is 16.2. The Hall–Kier alpha value is -0.650. The highest BCUT2D eigenvalue weighted by molar-refractivity contribution is 7.99. The fraction of sp³-hybridized carbons (Fsp3) is 0.800. The highest BCUT2D eigenvalue weighted by atomic mass is 32.2. The third kappa shape index (κ3) is 4.75. The Morgan fingerprint density at radius 1 is 0.960 bits per heavy atom. The second-order valence-corrected chi connectivity index (χ2v) is 8.99. The van der Waals surface area contributed by atoms with E-state index < -0.39 is 0 Å². The number of dihydropyridines is 1. The molecule has 0 aromatic rings. The molecule has 3 heterocycles. The molecule has 25 heavy (non-hydrogen) atoms. The molecule has 0 amide bonds. The molecule has 1 aliphatic carbocycles. The van der Waals surface area contributed by atoms with Crippen molar-refractivity contribution in [3.63, 3.8) is 0 Å². The summed E-state index contributed by atoms with van der Waals surface area (Å²) < 4.78 is 6.36. The van der Waals surface area contributed by atoms with Gasteiger partial charge >= 0.3 is 0 Å². The van der Waals surface area contributed by atoms with Crippen LogP contribution in [0, 0.1) is 0 Å². The van der Waals surface area contributed by atoms with E-state index in [9.17, 15) is 0 Å². The molecule has 3 fully saturated rings. The third-order valence-corrected chi connectivity index (χ3v) is 7.13. The van der Waals surface area contributed by atoms with Crippen molar-refractivity contribution in [2.75, 3.05) is 37.7 Å². The van der Waals surface area contributed by atoms with Gasteiger partial charge in [-0.05, 0) is 62.2 Å². The van der Waals surface area contributed by atoms with E-state index in [4.69, 9.17) is 4.74 Å². The van der Waals surface area contributed by atoms with Crippen molar-refractivity contribution >= 4 is 11.8 Å². The van der Waals surface area contributed by atoms with Crippen LogP contribution in [0.15, 0.2) is 24.0 Å². The summed E-state index contributed by atoms with van der Waals surface area (Å²) in [7, 11) is 0. The molecule has 0 radical (unpaired) electrons. The van der Waals surface area contributed by atoms with Crippen LogP contribution in [0.1, 0.15) is 44.9 Å². The normalized spacial score (nSPS) is 32.3. The molecule has 1 saturated carbocycles. The van der Waals surface area contributed by atoms with Crippen molar-refractivity contribution in [2.45, 2.75) is 63.3 Å². The summed E-state index contributed by atoms with van der Waals surface area (Å²) in [5, 5.41) is 3.64. The first-order valence-corrected chi connectivity index (χ1v) is 11.4. The van der Waals surface area contributed by atoms with Crippen molar-refractivity contribution in [1.82, 2.24) is 15.1 Å². The number of nitrogens with zero attached hydrogens (tertiary/aromatic N) is 2. The van der Waals surface area contributed by atoms with Crippen LogP contribution in [0.25, 0.3) is 0 Å². The molecular formula is C20H33N3OS. The molecule has 0 aromatic carbocycles. The van der Waals surface area contributed by atoms with Crippen molar-refractivity contribution in [3.8, 4) is 0 Å². The Bertz CT molecular complexity index is 483. The summed E-state index contributed by atoms with van der Waals surface area (Å²) in [6.07, 6.45) is 16.2. The third-order valence-electron chi connectivity index (χ3n) is 6.03. The number of allylic oxidation sites excluding steroid dienone is 2. The summed E-state index contributed by atoms with van der Waals surface area (Å²) in [5.74, 6) is 3.79. The average molecular weight is 364 g/mol. The van der Waals surface area contributed by atoms with Gasteiger partial charge in [0.15, 0.2) is 0 Å². The molecule has 2 saturated heterocycles. The van der Waals surface area contributed by atoms with E-state index in [1.54, 1.807) is 0 Å². The lowest BCUT2D eigenvalue weighted by molar-refractivity contribution is -0.00883. The molecule has 0 spiro atoms. The van der Waals surface area contributed by atoms with Gasteiger partial charge in [-0.15, -0.1) is 0 Å². The van der Waals surface area contributed by atoms with Gasteiger partial charge in [0.05, 0.1) is 6.10 Å². The molecule has 140 valence electrons. The molecule has 1 N–H and O–H groups in total. The number of ether oxygens (including phenoxy) is 1. The first kappa shape index (κ1) is 17.7. The quantitative estimate of drug-likeness (QED) is 0.828. The van der Waals surface area contributed by atoms with Gasteiger partial charge in [0.25, 0.3) is 0 Å². The monoisotopic (exact) mass is 363 g/mol. The lowest BCUT2D eigenvalue weighted by atomic mass is 9.91. The lowest BCUT2D eigenvalue weighted by Gasteiger charge is -2.37. The van der Waals surface area contributed by atoms with Gasteiger partial charge in [0.2, 0.25) is 0 Å². The smallest absolute Gasteiger partial charge is 0.148 e. The van der Waals surface area contributed by atoms with Crippen LogP contribution in [0.5, 0.6) is 0 Å². The molecule has 0 bridgehead atoms. The SMILES string of the molecule is C1=CC(OC2CCCSCC2)NC(N2CCCN(C3CCC3)CC2)=C1. The van der Waals surface area contributed by atoms with Gasteiger partial charge in [-0.25, -0.2) is 0 Å².